The van der Waals surface area contributed by atoms with Crippen LogP contribution in [0.15, 0.2) is 24.4 Å². The van der Waals surface area contributed by atoms with Crippen LogP contribution in [0.1, 0.15) is 65.0 Å². The predicted octanol–water partition coefficient (Wildman–Crippen LogP) is 4.68. The van der Waals surface area contributed by atoms with Gasteiger partial charge in [-0.15, -0.1) is 0 Å². The van der Waals surface area contributed by atoms with Gasteiger partial charge >= 0.3 is 12.2 Å². The molecule has 0 spiro atoms. The first-order valence-electron chi connectivity index (χ1n) is 11.3. The van der Waals surface area contributed by atoms with Crippen molar-refractivity contribution in [3.8, 4) is 0 Å². The van der Waals surface area contributed by atoms with Crippen LogP contribution in [0.5, 0.6) is 0 Å². The molecule has 1 saturated heterocycles. The Morgan fingerprint density at radius 2 is 1.72 bits per heavy atom. The number of rotatable bonds is 1. The number of fused-ring (bicyclic) bond motifs is 2. The molecule has 2 aliphatic rings. The number of amides is 1. The molecule has 2 aromatic rings. The summed E-state index contributed by atoms with van der Waals surface area (Å²) in [6, 6.07) is 5.88. The number of aliphatic hydroxyl groups excluding tert-OH is 1. The van der Waals surface area contributed by atoms with E-state index in [-0.39, 0.29) is 30.6 Å². The molecule has 1 aliphatic heterocycles. The van der Waals surface area contributed by atoms with Crippen LogP contribution < -0.4 is 0 Å². The quantitative estimate of drug-likeness (QED) is 0.693. The first kappa shape index (κ1) is 22.6. The van der Waals surface area contributed by atoms with Crippen molar-refractivity contribution in [2.24, 2.45) is 5.92 Å². The van der Waals surface area contributed by atoms with Gasteiger partial charge in [0.25, 0.3) is 0 Å². The van der Waals surface area contributed by atoms with Crippen molar-refractivity contribution in [3.05, 3.63) is 35.5 Å². The van der Waals surface area contributed by atoms with Gasteiger partial charge in [0.15, 0.2) is 0 Å². The van der Waals surface area contributed by atoms with Crippen LogP contribution in [0.3, 0.4) is 0 Å². The van der Waals surface area contributed by atoms with E-state index >= 15 is 0 Å². The van der Waals surface area contributed by atoms with E-state index in [0.29, 0.717) is 13.0 Å². The fourth-order valence-corrected chi connectivity index (χ4v) is 5.02. The molecule has 4 rings (SSSR count). The molecule has 3 atom stereocenters. The standard InChI is InChI=1S/C25H34N2O5/c1-24(2,3)31-22(29)26-12-15(14-28)10-18-17-8-7-9-19-21(17)16(11-20(18)26)13-27(19)23(30)32-25(4,5)6/h7-9,13,15,18,20,28H,10-12,14H2,1-6H3/t15-,18-,20-/m1/s1. The van der Waals surface area contributed by atoms with Gasteiger partial charge in [-0.2, -0.15) is 0 Å². The van der Waals surface area contributed by atoms with Crippen LogP contribution in [0.4, 0.5) is 9.59 Å². The Morgan fingerprint density at radius 1 is 1.06 bits per heavy atom. The summed E-state index contributed by atoms with van der Waals surface area (Å²) in [6.45, 7) is 11.6. The minimum atomic E-state index is -0.599. The van der Waals surface area contributed by atoms with E-state index in [1.807, 2.05) is 59.9 Å². The molecular formula is C25H34N2O5. The molecular weight excluding hydrogens is 408 g/mol. The zero-order valence-corrected chi connectivity index (χ0v) is 19.8. The number of ether oxygens (including phenoxy) is 2. The lowest BCUT2D eigenvalue weighted by atomic mass is 9.72. The third-order valence-corrected chi connectivity index (χ3v) is 6.15. The molecule has 1 N–H and O–H groups in total. The SMILES string of the molecule is CC(C)(C)OC(=O)N1C[C@H](CO)C[C@@H]2c3cccc4c3c(cn4C(=O)OC(C)(C)C)C[C@H]21. The highest BCUT2D eigenvalue weighted by molar-refractivity contribution is 5.95. The first-order valence-corrected chi connectivity index (χ1v) is 11.3. The van der Waals surface area contributed by atoms with Crippen molar-refractivity contribution in [1.82, 2.24) is 9.47 Å². The van der Waals surface area contributed by atoms with Gasteiger partial charge in [-0.05, 0) is 71.6 Å². The second kappa shape index (κ2) is 7.80. The predicted molar refractivity (Wildman–Crippen MR) is 122 cm³/mol. The van der Waals surface area contributed by atoms with Crippen LogP contribution in [-0.4, -0.2) is 57.2 Å². The van der Waals surface area contributed by atoms with Crippen LogP contribution in [0.25, 0.3) is 10.9 Å². The molecule has 1 aromatic carbocycles. The van der Waals surface area contributed by atoms with E-state index in [2.05, 4.69) is 6.07 Å². The summed E-state index contributed by atoms with van der Waals surface area (Å²) in [4.78, 5) is 27.8. The minimum Gasteiger partial charge on any atom is -0.444 e. The van der Waals surface area contributed by atoms with Crippen molar-refractivity contribution >= 4 is 23.1 Å². The monoisotopic (exact) mass is 442 g/mol. The number of carbonyl (C=O) groups excluding carboxylic acids is 2. The number of piperidine rings is 1. The molecule has 0 saturated carbocycles. The fourth-order valence-electron chi connectivity index (χ4n) is 5.02. The second-order valence-corrected chi connectivity index (χ2v) is 11.0. The Morgan fingerprint density at radius 3 is 2.34 bits per heavy atom. The van der Waals surface area contributed by atoms with Gasteiger partial charge in [-0.3, -0.25) is 4.57 Å². The van der Waals surface area contributed by atoms with E-state index in [4.69, 9.17) is 9.47 Å². The van der Waals surface area contributed by atoms with Gasteiger partial charge in [0.2, 0.25) is 0 Å². The average molecular weight is 443 g/mol. The zero-order valence-electron chi connectivity index (χ0n) is 19.8. The van der Waals surface area contributed by atoms with E-state index in [1.165, 1.54) is 0 Å². The molecule has 7 nitrogen and oxygen atoms in total. The maximum atomic E-state index is 13.1. The lowest BCUT2D eigenvalue weighted by Gasteiger charge is -2.46. The number of hydrogen-bond donors (Lipinski definition) is 1. The largest absolute Gasteiger partial charge is 0.444 e. The molecule has 1 fully saturated rings. The Balaban J connectivity index is 1.76. The summed E-state index contributed by atoms with van der Waals surface area (Å²) in [5, 5.41) is 11.0. The van der Waals surface area contributed by atoms with Gasteiger partial charge in [0, 0.05) is 42.6 Å². The second-order valence-electron chi connectivity index (χ2n) is 11.0. The number of nitrogens with zero attached hydrogens (tertiary/aromatic N) is 2. The summed E-state index contributed by atoms with van der Waals surface area (Å²) < 4.78 is 12.9. The Bertz CT molecular complexity index is 1040. The molecule has 7 heteroatoms. The Kier molecular flexibility index (Phi) is 5.52. The minimum absolute atomic E-state index is 0.0181. The first-order chi connectivity index (χ1) is 14.9. The fraction of sp³-hybridized carbons (Fsp3) is 0.600. The summed E-state index contributed by atoms with van der Waals surface area (Å²) in [6.07, 6.45) is 2.51. The topological polar surface area (TPSA) is 81.0 Å². The third kappa shape index (κ3) is 4.22. The van der Waals surface area contributed by atoms with Crippen LogP contribution in [-0.2, 0) is 15.9 Å². The van der Waals surface area contributed by atoms with Crippen molar-refractivity contribution in [2.75, 3.05) is 13.2 Å². The summed E-state index contributed by atoms with van der Waals surface area (Å²) in [5.74, 6) is 0.0487. The molecule has 1 amide bonds. The lowest BCUT2D eigenvalue weighted by molar-refractivity contribution is -0.00700. The van der Waals surface area contributed by atoms with E-state index in [1.54, 1.807) is 9.47 Å². The smallest absolute Gasteiger partial charge is 0.419 e. The Hall–Kier alpha value is -2.54. The number of carbonyl (C=O) groups is 2. The highest BCUT2D eigenvalue weighted by Gasteiger charge is 2.44. The molecule has 2 heterocycles. The number of aromatic nitrogens is 1. The van der Waals surface area contributed by atoms with E-state index in [0.717, 1.165) is 28.5 Å². The third-order valence-electron chi connectivity index (χ3n) is 6.15. The average Bonchev–Trinajstić information content (AvgIpc) is 3.05. The van der Waals surface area contributed by atoms with Crippen LogP contribution in [0, 0.1) is 5.92 Å². The van der Waals surface area contributed by atoms with E-state index < -0.39 is 17.3 Å². The highest BCUT2D eigenvalue weighted by Crippen LogP contribution is 2.45. The molecule has 0 radical (unpaired) electrons. The number of hydrogen-bond acceptors (Lipinski definition) is 5. The van der Waals surface area contributed by atoms with Gasteiger partial charge in [-0.25, -0.2) is 9.59 Å². The number of benzene rings is 1. The molecule has 1 aromatic heterocycles. The summed E-state index contributed by atoms with van der Waals surface area (Å²) >= 11 is 0. The molecule has 0 bridgehead atoms. The normalized spacial score (nSPS) is 23.1. The van der Waals surface area contributed by atoms with Crippen LogP contribution >= 0.6 is 0 Å². The maximum Gasteiger partial charge on any atom is 0.419 e. The van der Waals surface area contributed by atoms with Crippen LogP contribution in [0.2, 0.25) is 0 Å². The molecule has 174 valence electrons. The van der Waals surface area contributed by atoms with Crippen molar-refractivity contribution in [2.45, 2.75) is 77.5 Å². The van der Waals surface area contributed by atoms with Crippen molar-refractivity contribution in [1.29, 1.82) is 0 Å². The van der Waals surface area contributed by atoms with Gasteiger partial charge in [0.05, 0.1) is 5.52 Å². The van der Waals surface area contributed by atoms with E-state index in [9.17, 15) is 14.7 Å². The summed E-state index contributed by atoms with van der Waals surface area (Å²) in [5.41, 5.74) is 1.77. The number of likely N-dealkylation sites (tertiary alicyclic amines) is 1. The molecule has 1 aliphatic carbocycles. The van der Waals surface area contributed by atoms with Gasteiger partial charge in [0.1, 0.15) is 11.2 Å². The zero-order chi connectivity index (χ0) is 23.4. The highest BCUT2D eigenvalue weighted by atomic mass is 16.6. The van der Waals surface area contributed by atoms with Crippen molar-refractivity contribution < 1.29 is 24.2 Å². The molecule has 32 heavy (non-hydrogen) atoms. The maximum absolute atomic E-state index is 13.1. The van der Waals surface area contributed by atoms with Gasteiger partial charge in [-0.1, -0.05) is 12.1 Å². The lowest BCUT2D eigenvalue weighted by Crippen LogP contribution is -2.54. The number of aliphatic hydroxyl groups is 1. The Labute approximate surface area is 189 Å². The summed E-state index contributed by atoms with van der Waals surface area (Å²) in [7, 11) is 0. The van der Waals surface area contributed by atoms with Gasteiger partial charge < -0.3 is 19.5 Å². The van der Waals surface area contributed by atoms with Crippen molar-refractivity contribution in [3.63, 3.8) is 0 Å². The molecule has 0 unspecified atom stereocenters.